The number of nitrogens with zero attached hydrogens (tertiary/aromatic N) is 3. The molecule has 0 saturated carbocycles. The van der Waals surface area contributed by atoms with Crippen LogP contribution in [0.15, 0.2) is 23.3 Å². The summed E-state index contributed by atoms with van der Waals surface area (Å²) in [6.45, 7) is 1.14. The maximum atomic E-state index is 12.9. The van der Waals surface area contributed by atoms with E-state index in [-0.39, 0.29) is 11.8 Å². The number of benzene rings is 1. The summed E-state index contributed by atoms with van der Waals surface area (Å²) < 4.78 is 23.8. The maximum Gasteiger partial charge on any atom is 0.129 e. The Kier molecular flexibility index (Phi) is 3.80. The van der Waals surface area contributed by atoms with E-state index in [4.69, 9.17) is 15.0 Å². The molecule has 1 fully saturated rings. The van der Waals surface area contributed by atoms with Gasteiger partial charge in [0.1, 0.15) is 18.2 Å². The molecule has 6 heteroatoms. The first-order valence-corrected chi connectivity index (χ1v) is 5.38. The van der Waals surface area contributed by atoms with E-state index in [0.29, 0.717) is 12.4 Å². The van der Waals surface area contributed by atoms with Crippen LogP contribution in [0.2, 0.25) is 0 Å². The van der Waals surface area contributed by atoms with Gasteiger partial charge in [-0.3, -0.25) is 0 Å². The Balaban J connectivity index is 2.05. The van der Waals surface area contributed by atoms with Crippen LogP contribution in [0, 0.1) is 5.82 Å². The van der Waals surface area contributed by atoms with E-state index in [1.165, 1.54) is 12.1 Å². The number of azide groups is 1. The Morgan fingerprint density at radius 1 is 1.59 bits per heavy atom. The van der Waals surface area contributed by atoms with Gasteiger partial charge in [-0.2, -0.15) is 0 Å². The molecule has 5 nitrogen and oxygen atoms in total. The first-order valence-electron chi connectivity index (χ1n) is 5.38. The molecule has 1 heterocycles. The molecule has 1 atom stereocenters. The van der Waals surface area contributed by atoms with E-state index in [1.807, 2.05) is 0 Å². The predicted octanol–water partition coefficient (Wildman–Crippen LogP) is 3.33. The summed E-state index contributed by atoms with van der Waals surface area (Å²) in [6.07, 6.45) is 2.05. The average Bonchev–Trinajstić information content (AvgIpc) is 2.81. The van der Waals surface area contributed by atoms with E-state index in [2.05, 4.69) is 10.0 Å². The molecule has 1 aliphatic rings. The van der Waals surface area contributed by atoms with Crippen molar-refractivity contribution in [2.75, 3.05) is 13.2 Å². The molecule has 2 rings (SSSR count). The third-order valence-electron chi connectivity index (χ3n) is 2.52. The summed E-state index contributed by atoms with van der Waals surface area (Å²) in [5, 5.41) is 3.39. The van der Waals surface area contributed by atoms with Crippen molar-refractivity contribution in [2.45, 2.75) is 18.9 Å². The smallest absolute Gasteiger partial charge is 0.129 e. The van der Waals surface area contributed by atoms with Gasteiger partial charge >= 0.3 is 0 Å². The van der Waals surface area contributed by atoms with Crippen LogP contribution < -0.4 is 4.74 Å². The molecule has 1 aromatic carbocycles. The highest BCUT2D eigenvalue weighted by Crippen LogP contribution is 2.29. The van der Waals surface area contributed by atoms with Gasteiger partial charge in [-0.05, 0) is 36.6 Å². The fourth-order valence-electron chi connectivity index (χ4n) is 1.70. The molecule has 90 valence electrons. The molecule has 17 heavy (non-hydrogen) atoms. The maximum absolute atomic E-state index is 12.9. The van der Waals surface area contributed by atoms with Crippen molar-refractivity contribution < 1.29 is 13.9 Å². The van der Waals surface area contributed by atoms with Gasteiger partial charge in [0.2, 0.25) is 0 Å². The molecule has 0 spiro atoms. The number of hydrogen-bond acceptors (Lipinski definition) is 3. The van der Waals surface area contributed by atoms with E-state index < -0.39 is 5.82 Å². The lowest BCUT2D eigenvalue weighted by molar-refractivity contribution is 0.0681. The summed E-state index contributed by atoms with van der Waals surface area (Å²) in [7, 11) is 0. The Morgan fingerprint density at radius 3 is 3.18 bits per heavy atom. The van der Waals surface area contributed by atoms with Crippen LogP contribution in [0.4, 0.5) is 10.1 Å². The number of hydrogen-bond donors (Lipinski definition) is 0. The van der Waals surface area contributed by atoms with Gasteiger partial charge in [0.05, 0.1) is 11.8 Å². The molecule has 0 radical (unpaired) electrons. The number of rotatable bonds is 4. The quantitative estimate of drug-likeness (QED) is 0.458. The normalized spacial score (nSPS) is 18.8. The van der Waals surface area contributed by atoms with Gasteiger partial charge in [-0.25, -0.2) is 4.39 Å². The highest BCUT2D eigenvalue weighted by molar-refractivity contribution is 5.51. The van der Waals surface area contributed by atoms with Crippen molar-refractivity contribution in [2.24, 2.45) is 5.11 Å². The molecule has 1 aromatic rings. The lowest BCUT2D eigenvalue weighted by Crippen LogP contribution is -2.16. The van der Waals surface area contributed by atoms with Crippen molar-refractivity contribution in [3.05, 3.63) is 34.5 Å². The third kappa shape index (κ3) is 3.09. The second-order valence-electron chi connectivity index (χ2n) is 3.75. The summed E-state index contributed by atoms with van der Waals surface area (Å²) in [6, 6.07) is 3.86. The Bertz CT molecular complexity index is 440. The Hall–Kier alpha value is -1.78. The van der Waals surface area contributed by atoms with Crippen LogP contribution >= 0.6 is 0 Å². The topological polar surface area (TPSA) is 67.2 Å². The van der Waals surface area contributed by atoms with Crippen molar-refractivity contribution in [3.63, 3.8) is 0 Å². The first-order chi connectivity index (χ1) is 8.29. The van der Waals surface area contributed by atoms with Gasteiger partial charge in [0.25, 0.3) is 0 Å². The average molecular weight is 237 g/mol. The fourth-order valence-corrected chi connectivity index (χ4v) is 1.70. The fraction of sp³-hybridized carbons (Fsp3) is 0.455. The summed E-state index contributed by atoms with van der Waals surface area (Å²) in [5.74, 6) is -0.0865. The zero-order valence-corrected chi connectivity index (χ0v) is 9.17. The molecular formula is C11H12FN3O2. The van der Waals surface area contributed by atoms with Crippen LogP contribution in [0.25, 0.3) is 10.4 Å². The molecule has 0 aliphatic carbocycles. The van der Waals surface area contributed by atoms with Gasteiger partial charge < -0.3 is 9.47 Å². The van der Waals surface area contributed by atoms with Crippen molar-refractivity contribution >= 4 is 5.69 Å². The third-order valence-corrected chi connectivity index (χ3v) is 2.52. The molecule has 0 N–H and O–H groups in total. The largest absolute Gasteiger partial charge is 0.490 e. The van der Waals surface area contributed by atoms with Crippen molar-refractivity contribution in [3.8, 4) is 5.75 Å². The minimum Gasteiger partial charge on any atom is -0.490 e. The summed E-state index contributed by atoms with van der Waals surface area (Å²) in [5.41, 5.74) is 8.53. The Morgan fingerprint density at radius 2 is 2.47 bits per heavy atom. The highest BCUT2D eigenvalue weighted by atomic mass is 19.1. The molecule has 0 bridgehead atoms. The van der Waals surface area contributed by atoms with E-state index in [9.17, 15) is 4.39 Å². The van der Waals surface area contributed by atoms with E-state index in [0.717, 1.165) is 25.5 Å². The first kappa shape index (κ1) is 11.7. The number of ether oxygens (including phenoxy) is 2. The monoisotopic (exact) mass is 237 g/mol. The standard InChI is InChI=1S/C11H12FN3O2/c12-8-3-4-11(10(6-8)14-15-13)17-7-9-2-1-5-16-9/h3-4,6,9H,1-2,5,7H2. The number of halogens is 1. The molecule has 1 saturated heterocycles. The predicted molar refractivity (Wildman–Crippen MR) is 59.7 cm³/mol. The van der Waals surface area contributed by atoms with Crippen LogP contribution in [-0.2, 0) is 4.74 Å². The van der Waals surface area contributed by atoms with Gasteiger partial charge in [0.15, 0.2) is 0 Å². The minimum atomic E-state index is -0.461. The lowest BCUT2D eigenvalue weighted by atomic mass is 10.2. The highest BCUT2D eigenvalue weighted by Gasteiger charge is 2.16. The van der Waals surface area contributed by atoms with E-state index in [1.54, 1.807) is 0 Å². The lowest BCUT2D eigenvalue weighted by Gasteiger charge is -2.12. The molecular weight excluding hydrogens is 225 g/mol. The van der Waals surface area contributed by atoms with Crippen LogP contribution in [-0.4, -0.2) is 19.3 Å². The Labute approximate surface area is 97.8 Å². The molecule has 1 unspecified atom stereocenters. The summed E-state index contributed by atoms with van der Waals surface area (Å²) >= 11 is 0. The van der Waals surface area contributed by atoms with Crippen LogP contribution in [0.3, 0.4) is 0 Å². The second kappa shape index (κ2) is 5.52. The van der Waals surface area contributed by atoms with Crippen molar-refractivity contribution in [1.29, 1.82) is 0 Å². The van der Waals surface area contributed by atoms with Gasteiger partial charge in [0, 0.05) is 11.5 Å². The minimum absolute atomic E-state index is 0.0685. The molecule has 1 aliphatic heterocycles. The SMILES string of the molecule is [N-]=[N+]=Nc1cc(F)ccc1OCC1CCCO1. The molecule has 0 amide bonds. The van der Waals surface area contributed by atoms with Gasteiger partial charge in [-0.1, -0.05) is 5.11 Å². The zero-order chi connectivity index (χ0) is 12.1. The van der Waals surface area contributed by atoms with Crippen molar-refractivity contribution in [1.82, 2.24) is 0 Å². The van der Waals surface area contributed by atoms with Gasteiger partial charge in [-0.15, -0.1) is 0 Å². The van der Waals surface area contributed by atoms with E-state index >= 15 is 0 Å². The summed E-state index contributed by atoms with van der Waals surface area (Å²) in [4.78, 5) is 2.63. The zero-order valence-electron chi connectivity index (χ0n) is 9.17. The van der Waals surface area contributed by atoms with Crippen LogP contribution in [0.5, 0.6) is 5.75 Å². The second-order valence-corrected chi connectivity index (χ2v) is 3.75. The molecule has 0 aromatic heterocycles. The van der Waals surface area contributed by atoms with Crippen LogP contribution in [0.1, 0.15) is 12.8 Å².